The number of carboxylic acid groups (broad SMARTS) is 1. The molecular weight excluding hydrogens is 534 g/mol. The third-order valence-corrected chi connectivity index (χ3v) is 7.79. The van der Waals surface area contributed by atoms with Gasteiger partial charge in [-0.2, -0.15) is 5.10 Å². The average molecular weight is 566 g/mol. The normalized spacial score (nSPS) is 12.9. The van der Waals surface area contributed by atoms with Gasteiger partial charge in [0.25, 0.3) is 0 Å². The molecule has 0 radical (unpaired) electrons. The number of aryl methyl sites for hydroxylation is 3. The van der Waals surface area contributed by atoms with Crippen molar-refractivity contribution in [2.75, 3.05) is 14.2 Å². The van der Waals surface area contributed by atoms with Crippen LogP contribution in [0.3, 0.4) is 0 Å². The Labute approximate surface area is 237 Å². The lowest BCUT2D eigenvalue weighted by molar-refractivity contribution is -0.140. The first-order chi connectivity index (χ1) is 19.3. The minimum absolute atomic E-state index is 0.0472. The molecule has 0 amide bonds. The molecule has 1 aliphatic rings. The summed E-state index contributed by atoms with van der Waals surface area (Å²) >= 11 is 6.91. The zero-order chi connectivity index (χ0) is 28.4. The summed E-state index contributed by atoms with van der Waals surface area (Å²) in [7, 11) is 2.95. The van der Waals surface area contributed by atoms with Gasteiger partial charge in [-0.25, -0.2) is 4.79 Å². The van der Waals surface area contributed by atoms with Crippen LogP contribution in [-0.4, -0.2) is 45.6 Å². The first-order valence-electron chi connectivity index (χ1n) is 13.2. The fourth-order valence-electron chi connectivity index (χ4n) is 5.59. The minimum Gasteiger partial charge on any atom is -0.497 e. The van der Waals surface area contributed by atoms with E-state index in [0.29, 0.717) is 22.7 Å². The molecule has 0 spiro atoms. The Morgan fingerprint density at radius 1 is 1.05 bits per heavy atom. The minimum atomic E-state index is -1.07. The molecule has 3 heterocycles. The predicted molar refractivity (Wildman–Crippen MR) is 151 cm³/mol. The highest BCUT2D eigenvalue weighted by molar-refractivity contribution is 6.35. The zero-order valence-electron chi connectivity index (χ0n) is 22.8. The third kappa shape index (κ3) is 5.19. The molecule has 40 heavy (non-hydrogen) atoms. The zero-order valence-corrected chi connectivity index (χ0v) is 23.6. The Balaban J connectivity index is 1.60. The van der Waals surface area contributed by atoms with Crippen LogP contribution in [0.25, 0.3) is 22.0 Å². The maximum Gasteiger partial charge on any atom is 0.352 e. The van der Waals surface area contributed by atoms with Crippen molar-refractivity contribution in [3.63, 3.8) is 0 Å². The molecule has 0 atom stereocenters. The molecule has 1 N–H and O–H groups in total. The van der Waals surface area contributed by atoms with Gasteiger partial charge in [-0.05, 0) is 61.6 Å². The molecule has 9 nitrogen and oxygen atoms in total. The Bertz CT molecular complexity index is 1570. The van der Waals surface area contributed by atoms with Crippen molar-refractivity contribution in [3.05, 3.63) is 69.6 Å². The van der Waals surface area contributed by atoms with Gasteiger partial charge in [0, 0.05) is 45.8 Å². The number of aromatic carboxylic acids is 1. The number of benzene rings is 2. The van der Waals surface area contributed by atoms with E-state index in [0.717, 1.165) is 65.0 Å². The molecule has 10 heteroatoms. The number of fused-ring (bicyclic) bond motifs is 2. The van der Waals surface area contributed by atoms with Crippen molar-refractivity contribution < 1.29 is 28.9 Å². The molecule has 5 rings (SSSR count). The Morgan fingerprint density at radius 3 is 2.52 bits per heavy atom. The van der Waals surface area contributed by atoms with Crippen molar-refractivity contribution in [1.82, 2.24) is 14.3 Å². The summed E-state index contributed by atoms with van der Waals surface area (Å²) in [5.74, 6) is -0.696. The number of aromatic nitrogens is 3. The highest BCUT2D eigenvalue weighted by atomic mass is 35.5. The molecular formula is C30H32ClN3O6. The van der Waals surface area contributed by atoms with Crippen LogP contribution in [0.4, 0.5) is 0 Å². The summed E-state index contributed by atoms with van der Waals surface area (Å²) < 4.78 is 19.9. The highest BCUT2D eigenvalue weighted by Crippen LogP contribution is 2.43. The second kappa shape index (κ2) is 11.7. The molecule has 0 saturated heterocycles. The topological polar surface area (TPSA) is 105 Å². The van der Waals surface area contributed by atoms with Crippen LogP contribution >= 0.6 is 11.6 Å². The molecule has 0 unspecified atom stereocenters. The van der Waals surface area contributed by atoms with Gasteiger partial charge in [0.1, 0.15) is 11.4 Å². The Morgan fingerprint density at radius 2 is 1.82 bits per heavy atom. The second-order valence-electron chi connectivity index (χ2n) is 9.86. The van der Waals surface area contributed by atoms with E-state index in [2.05, 4.69) is 0 Å². The standard InChI is InChI=1S/C30H32ClN3O6/c1-18-26-23(33(29(18)30(36)37)15-13-25(35)39-3)12-11-21(31)27(26)28-22(32-34-14-5-4-6-24(28)34)17-40-16-19-7-9-20(38-2)10-8-19/h7-12H,4-6,13-17H2,1-3H3,(H,36,37). The van der Waals surface area contributed by atoms with Crippen molar-refractivity contribution in [1.29, 1.82) is 0 Å². The first kappa shape index (κ1) is 27.7. The number of ether oxygens (including phenoxy) is 3. The number of carbonyl (C=O) groups is 2. The van der Waals surface area contributed by atoms with Crippen LogP contribution in [0, 0.1) is 6.92 Å². The molecule has 1 aliphatic heterocycles. The highest BCUT2D eigenvalue weighted by Gasteiger charge is 2.29. The van der Waals surface area contributed by atoms with Crippen molar-refractivity contribution >= 4 is 34.4 Å². The molecule has 210 valence electrons. The van der Waals surface area contributed by atoms with Crippen LogP contribution in [0.1, 0.15) is 52.3 Å². The van der Waals surface area contributed by atoms with Crippen LogP contribution < -0.4 is 4.74 Å². The van der Waals surface area contributed by atoms with E-state index in [1.807, 2.05) is 35.0 Å². The number of rotatable bonds is 10. The number of halogens is 1. The number of hydrogen-bond donors (Lipinski definition) is 1. The van der Waals surface area contributed by atoms with Crippen molar-refractivity contribution in [2.24, 2.45) is 0 Å². The summed E-state index contributed by atoms with van der Waals surface area (Å²) in [5.41, 5.74) is 5.90. The van der Waals surface area contributed by atoms with E-state index >= 15 is 0 Å². The summed E-state index contributed by atoms with van der Waals surface area (Å²) in [6, 6.07) is 11.3. The van der Waals surface area contributed by atoms with Crippen LogP contribution in [0.5, 0.6) is 5.75 Å². The summed E-state index contributed by atoms with van der Waals surface area (Å²) in [6.45, 7) is 3.42. The smallest absolute Gasteiger partial charge is 0.352 e. The summed E-state index contributed by atoms with van der Waals surface area (Å²) in [6.07, 6.45) is 2.94. The Kier molecular flexibility index (Phi) is 8.14. The maximum absolute atomic E-state index is 12.4. The van der Waals surface area contributed by atoms with E-state index < -0.39 is 11.9 Å². The summed E-state index contributed by atoms with van der Waals surface area (Å²) in [4.78, 5) is 24.3. The van der Waals surface area contributed by atoms with E-state index in [1.54, 1.807) is 24.7 Å². The largest absolute Gasteiger partial charge is 0.497 e. The second-order valence-corrected chi connectivity index (χ2v) is 10.3. The summed E-state index contributed by atoms with van der Waals surface area (Å²) in [5, 5.41) is 16.3. The van der Waals surface area contributed by atoms with Gasteiger partial charge < -0.3 is 23.9 Å². The molecule has 2 aromatic heterocycles. The van der Waals surface area contributed by atoms with Crippen LogP contribution in [0.15, 0.2) is 36.4 Å². The quantitative estimate of drug-likeness (QED) is 0.243. The van der Waals surface area contributed by atoms with Gasteiger partial charge in [-0.15, -0.1) is 0 Å². The van der Waals surface area contributed by atoms with Gasteiger partial charge in [-0.1, -0.05) is 23.7 Å². The lowest BCUT2D eigenvalue weighted by Crippen LogP contribution is -2.13. The lowest BCUT2D eigenvalue weighted by Gasteiger charge is -2.16. The van der Waals surface area contributed by atoms with Crippen LogP contribution in [0.2, 0.25) is 5.02 Å². The van der Waals surface area contributed by atoms with Gasteiger partial charge in [0.15, 0.2) is 0 Å². The van der Waals surface area contributed by atoms with Gasteiger partial charge >= 0.3 is 11.9 Å². The van der Waals surface area contributed by atoms with E-state index in [9.17, 15) is 14.7 Å². The fourth-order valence-corrected chi connectivity index (χ4v) is 5.84. The van der Waals surface area contributed by atoms with Crippen molar-refractivity contribution in [2.45, 2.75) is 58.9 Å². The lowest BCUT2D eigenvalue weighted by atomic mass is 9.94. The number of esters is 1. The molecule has 0 saturated carbocycles. The van der Waals surface area contributed by atoms with E-state index in [1.165, 1.54) is 7.11 Å². The van der Waals surface area contributed by atoms with E-state index in [4.69, 9.17) is 30.9 Å². The average Bonchev–Trinajstić information content (AvgIpc) is 3.46. The molecule has 2 aromatic carbocycles. The molecule has 0 fully saturated rings. The van der Waals surface area contributed by atoms with Crippen molar-refractivity contribution in [3.8, 4) is 16.9 Å². The maximum atomic E-state index is 12.4. The Hall–Kier alpha value is -3.82. The van der Waals surface area contributed by atoms with E-state index in [-0.39, 0.29) is 25.3 Å². The fraction of sp³-hybridized carbons (Fsp3) is 0.367. The van der Waals surface area contributed by atoms with Gasteiger partial charge in [-0.3, -0.25) is 9.48 Å². The number of nitrogens with zero attached hydrogens (tertiary/aromatic N) is 3. The number of methoxy groups -OCH3 is 2. The molecule has 0 aliphatic carbocycles. The third-order valence-electron chi connectivity index (χ3n) is 7.47. The number of hydrogen-bond acceptors (Lipinski definition) is 6. The number of carboxylic acids is 1. The molecule has 4 aromatic rings. The monoisotopic (exact) mass is 565 g/mol. The first-order valence-corrected chi connectivity index (χ1v) is 13.6. The SMILES string of the molecule is COC(=O)CCn1c(C(=O)O)c(C)c2c(-c3c(COCc4ccc(OC)cc4)nn4c3CCCC4)c(Cl)ccc21. The van der Waals surface area contributed by atoms with Gasteiger partial charge in [0.2, 0.25) is 0 Å². The van der Waals surface area contributed by atoms with Gasteiger partial charge in [0.05, 0.1) is 39.5 Å². The molecule has 0 bridgehead atoms. The van der Waals surface area contributed by atoms with Crippen LogP contribution in [-0.2, 0) is 47.0 Å². The number of carbonyl (C=O) groups excluding carboxylic acids is 1. The predicted octanol–water partition coefficient (Wildman–Crippen LogP) is 5.79.